The molecule has 2 saturated heterocycles. The largest absolute Gasteiger partial charge is 0.336 e. The average Bonchev–Trinajstić information content (AvgIpc) is 2.58. The van der Waals surface area contributed by atoms with E-state index in [1.807, 2.05) is 11.0 Å². The van der Waals surface area contributed by atoms with Crippen LogP contribution in [-0.4, -0.2) is 29.6 Å². The molecule has 0 aromatic rings. The minimum atomic E-state index is 0.115. The van der Waals surface area contributed by atoms with Crippen LogP contribution in [0.5, 0.6) is 0 Å². The maximum Gasteiger partial charge on any atom is 0.318 e. The Bertz CT molecular complexity index is 215. The van der Waals surface area contributed by atoms with Crippen molar-refractivity contribution in [2.45, 2.75) is 31.3 Å². The summed E-state index contributed by atoms with van der Waals surface area (Å²) in [5.74, 6) is 0. The molecule has 0 aliphatic carbocycles. The van der Waals surface area contributed by atoms with Gasteiger partial charge in [0.25, 0.3) is 0 Å². The van der Waals surface area contributed by atoms with Gasteiger partial charge >= 0.3 is 6.03 Å². The molecule has 0 saturated carbocycles. The summed E-state index contributed by atoms with van der Waals surface area (Å²) in [6, 6.07) is 0.988. The number of amides is 2. The summed E-state index contributed by atoms with van der Waals surface area (Å²) in [7, 11) is 0. The normalized spacial score (nSPS) is 33.3. The number of hydrogen-bond donors (Lipinski definition) is 1. The lowest BCUT2D eigenvalue weighted by Gasteiger charge is -2.21. The maximum atomic E-state index is 11.3. The Balaban J connectivity index is 2.08. The van der Waals surface area contributed by atoms with Crippen molar-refractivity contribution in [3.63, 3.8) is 0 Å². The molecule has 0 radical (unpaired) electrons. The van der Waals surface area contributed by atoms with Gasteiger partial charge in [-0.15, -0.1) is 6.58 Å². The number of carbonyl (C=O) groups is 1. The van der Waals surface area contributed by atoms with E-state index in [2.05, 4.69) is 11.9 Å². The fourth-order valence-electron chi connectivity index (χ4n) is 2.21. The second-order valence-corrected chi connectivity index (χ2v) is 3.50. The third-order valence-electron chi connectivity index (χ3n) is 2.78. The first-order chi connectivity index (χ1) is 5.83. The lowest BCUT2D eigenvalue weighted by atomic mass is 10.1. The minimum Gasteiger partial charge on any atom is -0.336 e. The van der Waals surface area contributed by atoms with Crippen LogP contribution in [0, 0.1) is 0 Å². The fourth-order valence-corrected chi connectivity index (χ4v) is 2.21. The van der Waals surface area contributed by atoms with Crippen molar-refractivity contribution in [1.82, 2.24) is 10.2 Å². The van der Waals surface area contributed by atoms with Gasteiger partial charge < -0.3 is 10.2 Å². The van der Waals surface area contributed by atoms with E-state index in [4.69, 9.17) is 0 Å². The molecule has 66 valence electrons. The summed E-state index contributed by atoms with van der Waals surface area (Å²) >= 11 is 0. The third kappa shape index (κ3) is 1.00. The van der Waals surface area contributed by atoms with Crippen LogP contribution in [0.15, 0.2) is 12.7 Å². The Kier molecular flexibility index (Phi) is 1.79. The summed E-state index contributed by atoms with van der Waals surface area (Å²) in [6.45, 7) is 4.54. The molecule has 0 bridgehead atoms. The quantitative estimate of drug-likeness (QED) is 0.612. The van der Waals surface area contributed by atoms with Crippen LogP contribution in [-0.2, 0) is 0 Å². The summed E-state index contributed by atoms with van der Waals surface area (Å²) < 4.78 is 0. The number of nitrogens with one attached hydrogen (secondary N) is 1. The average molecular weight is 166 g/mol. The highest BCUT2D eigenvalue weighted by Gasteiger charge is 2.40. The van der Waals surface area contributed by atoms with Gasteiger partial charge in [-0.1, -0.05) is 6.08 Å². The van der Waals surface area contributed by atoms with Crippen molar-refractivity contribution < 1.29 is 4.79 Å². The first kappa shape index (κ1) is 7.65. The highest BCUT2D eigenvalue weighted by atomic mass is 16.2. The van der Waals surface area contributed by atoms with E-state index in [0.717, 1.165) is 25.8 Å². The van der Waals surface area contributed by atoms with Crippen LogP contribution in [0.4, 0.5) is 4.79 Å². The SMILES string of the molecule is C=CCC1CCC2CNC(=O)N12. The molecule has 3 heteroatoms. The second-order valence-electron chi connectivity index (χ2n) is 3.50. The molecule has 2 amide bonds. The number of fused-ring (bicyclic) bond motifs is 1. The standard InChI is InChI=1S/C9H14N2O/c1-2-3-7-4-5-8-6-10-9(12)11(7)8/h2,7-8H,1,3-6H2,(H,10,12). The lowest BCUT2D eigenvalue weighted by molar-refractivity contribution is 0.199. The molecule has 2 rings (SSSR count). The molecular formula is C9H14N2O. The van der Waals surface area contributed by atoms with Crippen LogP contribution in [0.1, 0.15) is 19.3 Å². The molecule has 2 aliphatic heterocycles. The van der Waals surface area contributed by atoms with E-state index in [1.165, 1.54) is 0 Å². The van der Waals surface area contributed by atoms with Gasteiger partial charge in [0.1, 0.15) is 0 Å². The number of hydrogen-bond acceptors (Lipinski definition) is 1. The predicted octanol–water partition coefficient (Wildman–Crippen LogP) is 1.12. The Hall–Kier alpha value is -0.990. The molecule has 2 fully saturated rings. The van der Waals surface area contributed by atoms with Crippen LogP contribution in [0.3, 0.4) is 0 Å². The molecule has 2 aliphatic rings. The van der Waals surface area contributed by atoms with Gasteiger partial charge in [0.15, 0.2) is 0 Å². The summed E-state index contributed by atoms with van der Waals surface area (Å²) in [5.41, 5.74) is 0. The van der Waals surface area contributed by atoms with E-state index in [0.29, 0.717) is 12.1 Å². The van der Waals surface area contributed by atoms with E-state index in [9.17, 15) is 4.79 Å². The topological polar surface area (TPSA) is 32.3 Å². The smallest absolute Gasteiger partial charge is 0.318 e. The van der Waals surface area contributed by atoms with Gasteiger partial charge in [0.2, 0.25) is 0 Å². The Morgan fingerprint density at radius 2 is 2.50 bits per heavy atom. The number of urea groups is 1. The Morgan fingerprint density at radius 3 is 3.25 bits per heavy atom. The highest BCUT2D eigenvalue weighted by molar-refractivity contribution is 5.77. The molecule has 3 nitrogen and oxygen atoms in total. The van der Waals surface area contributed by atoms with Gasteiger partial charge in [-0.25, -0.2) is 4.79 Å². The molecule has 0 aromatic carbocycles. The van der Waals surface area contributed by atoms with Gasteiger partial charge in [0.05, 0.1) is 6.04 Å². The third-order valence-corrected chi connectivity index (χ3v) is 2.78. The number of nitrogens with zero attached hydrogens (tertiary/aromatic N) is 1. The fraction of sp³-hybridized carbons (Fsp3) is 0.667. The Morgan fingerprint density at radius 1 is 1.67 bits per heavy atom. The van der Waals surface area contributed by atoms with Gasteiger partial charge in [0, 0.05) is 12.6 Å². The van der Waals surface area contributed by atoms with E-state index in [-0.39, 0.29) is 6.03 Å². The van der Waals surface area contributed by atoms with Crippen molar-refractivity contribution in [3.8, 4) is 0 Å². The van der Waals surface area contributed by atoms with Gasteiger partial charge in [-0.05, 0) is 19.3 Å². The second kappa shape index (κ2) is 2.81. The van der Waals surface area contributed by atoms with Crippen LogP contribution in [0.2, 0.25) is 0 Å². The predicted molar refractivity (Wildman–Crippen MR) is 46.9 cm³/mol. The molecular weight excluding hydrogens is 152 g/mol. The number of rotatable bonds is 2. The first-order valence-corrected chi connectivity index (χ1v) is 4.50. The zero-order valence-corrected chi connectivity index (χ0v) is 7.12. The van der Waals surface area contributed by atoms with Crippen LogP contribution < -0.4 is 5.32 Å². The highest BCUT2D eigenvalue weighted by Crippen LogP contribution is 2.28. The maximum absolute atomic E-state index is 11.3. The van der Waals surface area contributed by atoms with E-state index < -0.39 is 0 Å². The zero-order valence-electron chi connectivity index (χ0n) is 7.12. The molecule has 0 spiro atoms. The van der Waals surface area contributed by atoms with E-state index in [1.54, 1.807) is 0 Å². The molecule has 12 heavy (non-hydrogen) atoms. The molecule has 2 unspecified atom stereocenters. The van der Waals surface area contributed by atoms with Crippen molar-refractivity contribution >= 4 is 6.03 Å². The first-order valence-electron chi connectivity index (χ1n) is 4.50. The van der Waals surface area contributed by atoms with Crippen molar-refractivity contribution in [3.05, 3.63) is 12.7 Å². The monoisotopic (exact) mass is 166 g/mol. The van der Waals surface area contributed by atoms with E-state index >= 15 is 0 Å². The molecule has 2 heterocycles. The minimum absolute atomic E-state index is 0.115. The number of carbonyl (C=O) groups excluding carboxylic acids is 1. The molecule has 1 N–H and O–H groups in total. The summed E-state index contributed by atoms with van der Waals surface area (Å²) in [6.07, 6.45) is 5.13. The summed E-state index contributed by atoms with van der Waals surface area (Å²) in [4.78, 5) is 13.3. The molecule has 2 atom stereocenters. The zero-order chi connectivity index (χ0) is 8.55. The lowest BCUT2D eigenvalue weighted by Crippen LogP contribution is -2.36. The van der Waals surface area contributed by atoms with Crippen LogP contribution in [0.25, 0.3) is 0 Å². The molecule has 0 aromatic heterocycles. The van der Waals surface area contributed by atoms with Crippen LogP contribution >= 0.6 is 0 Å². The van der Waals surface area contributed by atoms with Gasteiger partial charge in [-0.3, -0.25) is 0 Å². The van der Waals surface area contributed by atoms with Gasteiger partial charge in [-0.2, -0.15) is 0 Å². The Labute approximate surface area is 72.4 Å². The van der Waals surface area contributed by atoms with Crippen molar-refractivity contribution in [2.24, 2.45) is 0 Å². The van der Waals surface area contributed by atoms with Crippen molar-refractivity contribution in [2.75, 3.05) is 6.54 Å². The van der Waals surface area contributed by atoms with Crippen molar-refractivity contribution in [1.29, 1.82) is 0 Å². The summed E-state index contributed by atoms with van der Waals surface area (Å²) in [5, 5.41) is 2.86.